The van der Waals surface area contributed by atoms with Crippen LogP contribution < -0.4 is 5.32 Å². The minimum atomic E-state index is -0.385. The predicted molar refractivity (Wildman–Crippen MR) is 93.7 cm³/mol. The summed E-state index contributed by atoms with van der Waals surface area (Å²) in [7, 11) is 1.36. The van der Waals surface area contributed by atoms with Gasteiger partial charge in [-0.05, 0) is 37.3 Å². The number of nitrogens with zero attached hydrogens (tertiary/aromatic N) is 2. The Morgan fingerprint density at radius 3 is 2.79 bits per heavy atom. The Morgan fingerprint density at radius 2 is 2.04 bits per heavy atom. The van der Waals surface area contributed by atoms with E-state index in [-0.39, 0.29) is 17.6 Å². The molecule has 0 fully saturated rings. The van der Waals surface area contributed by atoms with Crippen LogP contribution in [0, 0.1) is 0 Å². The molecular formula is C16H17N3O3S2. The molecule has 0 radical (unpaired) electrons. The maximum absolute atomic E-state index is 12.2. The molecule has 0 unspecified atom stereocenters. The zero-order valence-corrected chi connectivity index (χ0v) is 14.8. The monoisotopic (exact) mass is 363 g/mol. The van der Waals surface area contributed by atoms with Crippen molar-refractivity contribution in [3.63, 3.8) is 0 Å². The first-order chi connectivity index (χ1) is 11.7. The summed E-state index contributed by atoms with van der Waals surface area (Å²) in [4.78, 5) is 33.7. The Balaban J connectivity index is 1.73. The summed E-state index contributed by atoms with van der Waals surface area (Å²) in [5.74, 6) is -0.382. The van der Waals surface area contributed by atoms with Crippen LogP contribution in [0.5, 0.6) is 0 Å². The Bertz CT molecular complexity index is 747. The molecule has 0 bridgehead atoms. The summed E-state index contributed by atoms with van der Waals surface area (Å²) < 4.78 is 4.90. The second-order valence-corrected chi connectivity index (χ2v) is 7.32. The smallest absolute Gasteiger partial charge is 0.341 e. The van der Waals surface area contributed by atoms with Gasteiger partial charge in [-0.15, -0.1) is 11.3 Å². The SMILES string of the molecule is COC(=O)c1c(NC(=O)CSc2ncccn2)sc2c1CCCC2. The van der Waals surface area contributed by atoms with Crippen molar-refractivity contribution in [3.05, 3.63) is 34.5 Å². The lowest BCUT2D eigenvalue weighted by Gasteiger charge is -2.11. The fourth-order valence-corrected chi connectivity index (χ4v) is 4.52. The highest BCUT2D eigenvalue weighted by Gasteiger charge is 2.26. The van der Waals surface area contributed by atoms with Crippen LogP contribution in [-0.2, 0) is 22.4 Å². The Morgan fingerprint density at radius 1 is 1.29 bits per heavy atom. The largest absolute Gasteiger partial charge is 0.465 e. The van der Waals surface area contributed by atoms with E-state index in [1.165, 1.54) is 35.1 Å². The van der Waals surface area contributed by atoms with E-state index in [1.54, 1.807) is 18.5 Å². The standard InChI is InChI=1S/C16H17N3O3S2/c1-22-15(21)13-10-5-2-3-6-11(10)24-14(13)19-12(20)9-23-16-17-7-4-8-18-16/h4,7-8H,2-3,5-6,9H2,1H3,(H,19,20). The number of carbonyl (C=O) groups is 2. The first kappa shape index (κ1) is 16.9. The fourth-order valence-electron chi connectivity index (χ4n) is 2.62. The van der Waals surface area contributed by atoms with Gasteiger partial charge in [0, 0.05) is 17.3 Å². The molecule has 0 atom stereocenters. The van der Waals surface area contributed by atoms with Crippen LogP contribution in [0.15, 0.2) is 23.6 Å². The summed E-state index contributed by atoms with van der Waals surface area (Å²) in [6.45, 7) is 0. The van der Waals surface area contributed by atoms with Gasteiger partial charge < -0.3 is 10.1 Å². The van der Waals surface area contributed by atoms with E-state index in [1.807, 2.05) is 0 Å². The van der Waals surface area contributed by atoms with Crippen LogP contribution >= 0.6 is 23.1 Å². The number of thiophene rings is 1. The summed E-state index contributed by atoms with van der Waals surface area (Å²) in [5, 5.41) is 3.99. The van der Waals surface area contributed by atoms with Crippen LogP contribution in [0.2, 0.25) is 0 Å². The van der Waals surface area contributed by atoms with Crippen molar-refractivity contribution in [2.45, 2.75) is 30.8 Å². The highest BCUT2D eigenvalue weighted by Crippen LogP contribution is 2.38. The molecule has 1 aliphatic rings. The number of esters is 1. The van der Waals surface area contributed by atoms with Gasteiger partial charge in [0.25, 0.3) is 0 Å². The molecule has 1 amide bonds. The third-order valence-electron chi connectivity index (χ3n) is 3.69. The minimum Gasteiger partial charge on any atom is -0.465 e. The van der Waals surface area contributed by atoms with E-state index in [2.05, 4.69) is 15.3 Å². The quantitative estimate of drug-likeness (QED) is 0.500. The van der Waals surface area contributed by atoms with Crippen LogP contribution in [-0.4, -0.2) is 34.7 Å². The van der Waals surface area contributed by atoms with Crippen molar-refractivity contribution >= 4 is 40.0 Å². The first-order valence-electron chi connectivity index (χ1n) is 7.61. The first-order valence-corrected chi connectivity index (χ1v) is 9.41. The highest BCUT2D eigenvalue weighted by atomic mass is 32.2. The number of hydrogen-bond donors (Lipinski definition) is 1. The van der Waals surface area contributed by atoms with Crippen LogP contribution in [0.1, 0.15) is 33.6 Å². The third-order valence-corrected chi connectivity index (χ3v) is 5.77. The average molecular weight is 363 g/mol. The molecule has 3 rings (SSSR count). The maximum atomic E-state index is 12.2. The fraction of sp³-hybridized carbons (Fsp3) is 0.375. The van der Waals surface area contributed by atoms with Crippen molar-refractivity contribution in [1.82, 2.24) is 9.97 Å². The Labute approximate surface area is 148 Å². The molecule has 0 spiro atoms. The summed E-state index contributed by atoms with van der Waals surface area (Å²) >= 11 is 2.74. The molecule has 24 heavy (non-hydrogen) atoms. The number of aromatic nitrogens is 2. The Kier molecular flexibility index (Phi) is 5.47. The summed E-state index contributed by atoms with van der Waals surface area (Å²) in [6, 6.07) is 1.73. The number of fused-ring (bicyclic) bond motifs is 1. The van der Waals surface area contributed by atoms with E-state index in [4.69, 9.17) is 4.74 Å². The summed E-state index contributed by atoms with van der Waals surface area (Å²) in [5.41, 5.74) is 1.55. The van der Waals surface area contributed by atoms with Gasteiger partial charge in [0.1, 0.15) is 5.00 Å². The van der Waals surface area contributed by atoms with Gasteiger partial charge in [-0.3, -0.25) is 4.79 Å². The van der Waals surface area contributed by atoms with Gasteiger partial charge in [0.15, 0.2) is 5.16 Å². The molecule has 0 saturated heterocycles. The van der Waals surface area contributed by atoms with Gasteiger partial charge >= 0.3 is 5.97 Å². The molecule has 126 valence electrons. The Hall–Kier alpha value is -1.93. The minimum absolute atomic E-state index is 0.184. The van der Waals surface area contributed by atoms with Crippen LogP contribution in [0.4, 0.5) is 5.00 Å². The van der Waals surface area contributed by atoms with Gasteiger partial charge in [-0.25, -0.2) is 14.8 Å². The van der Waals surface area contributed by atoms with Gasteiger partial charge in [-0.2, -0.15) is 0 Å². The van der Waals surface area contributed by atoms with E-state index in [9.17, 15) is 9.59 Å². The van der Waals surface area contributed by atoms with Crippen LogP contribution in [0.3, 0.4) is 0 Å². The zero-order chi connectivity index (χ0) is 16.9. The van der Waals surface area contributed by atoms with Crippen molar-refractivity contribution in [2.24, 2.45) is 0 Å². The number of anilines is 1. The molecule has 0 aromatic carbocycles. The lowest BCUT2D eigenvalue weighted by molar-refractivity contribution is -0.113. The van der Waals surface area contributed by atoms with Crippen LogP contribution in [0.25, 0.3) is 0 Å². The number of thioether (sulfide) groups is 1. The number of carbonyl (C=O) groups excluding carboxylic acids is 2. The molecular weight excluding hydrogens is 346 g/mol. The molecule has 0 saturated carbocycles. The number of rotatable bonds is 5. The van der Waals surface area contributed by atoms with Crippen molar-refractivity contribution in [2.75, 3.05) is 18.2 Å². The lowest BCUT2D eigenvalue weighted by atomic mass is 9.95. The number of ether oxygens (including phenoxy) is 1. The maximum Gasteiger partial charge on any atom is 0.341 e. The number of aryl methyl sites for hydroxylation is 1. The van der Waals surface area contributed by atoms with E-state index in [0.29, 0.717) is 15.7 Å². The second-order valence-electron chi connectivity index (χ2n) is 5.27. The molecule has 2 heterocycles. The molecule has 1 N–H and O–H groups in total. The predicted octanol–water partition coefficient (Wildman–Crippen LogP) is 2.93. The van der Waals surface area contributed by atoms with Gasteiger partial charge in [-0.1, -0.05) is 11.8 Å². The molecule has 6 nitrogen and oxygen atoms in total. The van der Waals surface area contributed by atoms with E-state index >= 15 is 0 Å². The zero-order valence-electron chi connectivity index (χ0n) is 13.2. The topological polar surface area (TPSA) is 81.2 Å². The number of nitrogens with one attached hydrogen (secondary N) is 1. The van der Waals surface area contributed by atoms with Crippen molar-refractivity contribution in [1.29, 1.82) is 0 Å². The van der Waals surface area contributed by atoms with Gasteiger partial charge in [0.05, 0.1) is 18.4 Å². The third kappa shape index (κ3) is 3.76. The number of amides is 1. The molecule has 2 aromatic rings. The summed E-state index contributed by atoms with van der Waals surface area (Å²) in [6.07, 6.45) is 7.25. The average Bonchev–Trinajstić information content (AvgIpc) is 2.98. The van der Waals surface area contributed by atoms with E-state index in [0.717, 1.165) is 31.2 Å². The van der Waals surface area contributed by atoms with Crippen molar-refractivity contribution in [3.8, 4) is 0 Å². The molecule has 1 aliphatic carbocycles. The number of hydrogen-bond acceptors (Lipinski definition) is 7. The molecule has 2 aromatic heterocycles. The molecule has 0 aliphatic heterocycles. The highest BCUT2D eigenvalue weighted by molar-refractivity contribution is 7.99. The van der Waals surface area contributed by atoms with E-state index < -0.39 is 0 Å². The van der Waals surface area contributed by atoms with Crippen molar-refractivity contribution < 1.29 is 14.3 Å². The van der Waals surface area contributed by atoms with Gasteiger partial charge in [0.2, 0.25) is 5.91 Å². The normalized spacial score (nSPS) is 13.2. The second kappa shape index (κ2) is 7.76. The molecule has 8 heteroatoms. The number of methoxy groups -OCH3 is 1. The lowest BCUT2D eigenvalue weighted by Crippen LogP contribution is -2.16.